The normalized spacial score (nSPS) is 24.5. The summed E-state index contributed by atoms with van der Waals surface area (Å²) in [6.45, 7) is 1.97. The molecule has 0 aromatic heterocycles. The number of hydrogen-bond donors (Lipinski definition) is 2. The van der Waals surface area contributed by atoms with Gasteiger partial charge in [0, 0.05) is 20.8 Å². The molecule has 35 heavy (non-hydrogen) atoms. The molecule has 0 radical (unpaired) electrons. The van der Waals surface area contributed by atoms with E-state index in [1.807, 2.05) is 0 Å². The summed E-state index contributed by atoms with van der Waals surface area (Å²) in [5, 5.41) is 10.1. The predicted octanol–water partition coefficient (Wildman–Crippen LogP) is 2.97. The topological polar surface area (TPSA) is 160 Å². The molecule has 5 atom stereocenters. The molecule has 18 heteroatoms. The quantitative estimate of drug-likeness (QED) is 0.142. The molecule has 1 rings (SSSR count). The molecule has 0 bridgehead atoms. The van der Waals surface area contributed by atoms with Crippen LogP contribution >= 0.6 is 69.6 Å². The van der Waals surface area contributed by atoms with Crippen molar-refractivity contribution in [1.29, 1.82) is 5.41 Å². The average Bonchev–Trinajstić information content (AvgIpc) is 2.67. The Morgan fingerprint density at radius 1 is 0.857 bits per heavy atom. The highest BCUT2D eigenvalue weighted by Gasteiger charge is 2.53. The largest absolute Gasteiger partial charge is 0.463 e. The third kappa shape index (κ3) is 11.6. The smallest absolute Gasteiger partial charge is 0.407 e. The molecule has 0 saturated carbocycles. The van der Waals surface area contributed by atoms with E-state index in [4.69, 9.17) is 103 Å². The maximum absolute atomic E-state index is 12.4. The Morgan fingerprint density at radius 2 is 1.40 bits per heavy atom. The van der Waals surface area contributed by atoms with E-state index >= 15 is 0 Å². The van der Waals surface area contributed by atoms with Crippen molar-refractivity contribution in [2.45, 2.75) is 59.0 Å². The number of alkyl halides is 6. The molecule has 0 aliphatic carbocycles. The second-order valence-electron chi connectivity index (χ2n) is 6.80. The molecule has 12 nitrogen and oxygen atoms in total. The van der Waals surface area contributed by atoms with Crippen molar-refractivity contribution in [1.82, 2.24) is 5.32 Å². The van der Waals surface area contributed by atoms with Crippen LogP contribution in [0.2, 0.25) is 0 Å². The number of ether oxygens (including phenoxy) is 6. The summed E-state index contributed by atoms with van der Waals surface area (Å²) >= 11 is 33.7. The highest BCUT2D eigenvalue weighted by molar-refractivity contribution is 6.76. The molecule has 1 aliphatic rings. The Hall–Kier alpha value is -1.15. The van der Waals surface area contributed by atoms with Crippen LogP contribution in [0.25, 0.3) is 0 Å². The van der Waals surface area contributed by atoms with Gasteiger partial charge in [0.25, 0.3) is 3.79 Å². The Morgan fingerprint density at radius 3 is 1.86 bits per heavy atom. The van der Waals surface area contributed by atoms with Gasteiger partial charge in [-0.05, 0) is 0 Å². The van der Waals surface area contributed by atoms with Gasteiger partial charge in [-0.25, -0.2) is 4.79 Å². The summed E-state index contributed by atoms with van der Waals surface area (Å²) < 4.78 is 26.8. The lowest BCUT2D eigenvalue weighted by Crippen LogP contribution is -2.67. The maximum Gasteiger partial charge on any atom is 0.407 e. The van der Waals surface area contributed by atoms with Gasteiger partial charge in [0.1, 0.15) is 25.4 Å². The van der Waals surface area contributed by atoms with Crippen LogP contribution in [0.1, 0.15) is 20.8 Å². The Bertz CT molecular complexity index is 818. The van der Waals surface area contributed by atoms with Gasteiger partial charge >= 0.3 is 24.0 Å². The minimum atomic E-state index is -2.36. The molecule has 0 aromatic carbocycles. The van der Waals surface area contributed by atoms with Gasteiger partial charge in [-0.3, -0.25) is 19.8 Å². The van der Waals surface area contributed by atoms with E-state index in [2.05, 4.69) is 5.32 Å². The molecule has 0 spiro atoms. The average molecular weight is 625 g/mol. The number of rotatable bonds is 7. The van der Waals surface area contributed by atoms with Crippen LogP contribution in [0, 0.1) is 5.41 Å². The minimum Gasteiger partial charge on any atom is -0.463 e. The lowest BCUT2D eigenvalue weighted by molar-refractivity contribution is -0.260. The van der Waals surface area contributed by atoms with E-state index in [0.29, 0.717) is 0 Å². The summed E-state index contributed by atoms with van der Waals surface area (Å²) in [5.74, 6) is -3.39. The van der Waals surface area contributed by atoms with E-state index in [0.717, 1.165) is 20.8 Å². The number of esters is 3. The second-order valence-corrected chi connectivity index (χ2v) is 11.6. The van der Waals surface area contributed by atoms with Crippen molar-refractivity contribution >= 4 is 99.5 Å². The molecule has 1 aliphatic heterocycles. The van der Waals surface area contributed by atoms with Crippen LogP contribution in [-0.2, 0) is 42.8 Å². The third-order valence-electron chi connectivity index (χ3n) is 3.84. The number of hydrogen-bond acceptors (Lipinski definition) is 11. The fraction of sp³-hybridized carbons (Fsp3) is 0.706. The number of nitrogens with one attached hydrogen (secondary N) is 2. The number of carbonyl (C=O) groups is 4. The zero-order valence-corrected chi connectivity index (χ0v) is 22.7. The number of carbonyl (C=O) groups excluding carboxylic acids is 4. The van der Waals surface area contributed by atoms with Crippen molar-refractivity contribution in [2.75, 3.05) is 13.2 Å². The maximum atomic E-state index is 12.4. The van der Waals surface area contributed by atoms with Crippen LogP contribution in [0.4, 0.5) is 4.79 Å². The summed E-state index contributed by atoms with van der Waals surface area (Å²) in [6, 6.07) is -1.55. The zero-order valence-electron chi connectivity index (χ0n) is 18.2. The third-order valence-corrected chi connectivity index (χ3v) is 4.69. The van der Waals surface area contributed by atoms with Crippen molar-refractivity contribution in [3.05, 3.63) is 0 Å². The first kappa shape index (κ1) is 31.9. The lowest BCUT2D eigenvalue weighted by atomic mass is 9.96. The lowest BCUT2D eigenvalue weighted by Gasteiger charge is -2.44. The number of alkyl carbamates (subject to hydrolysis) is 1. The number of halogens is 6. The first-order chi connectivity index (χ1) is 15.9. The highest BCUT2D eigenvalue weighted by Crippen LogP contribution is 2.33. The molecule has 2 unspecified atom stereocenters. The Kier molecular flexibility index (Phi) is 12.2. The summed E-state index contributed by atoms with van der Waals surface area (Å²) in [6.07, 6.45) is -7.25. The van der Waals surface area contributed by atoms with Crippen LogP contribution in [0.15, 0.2) is 0 Å². The van der Waals surface area contributed by atoms with Crippen molar-refractivity contribution in [3.63, 3.8) is 0 Å². The van der Waals surface area contributed by atoms with E-state index in [9.17, 15) is 19.2 Å². The van der Waals surface area contributed by atoms with Gasteiger partial charge in [-0.15, -0.1) is 0 Å². The molecule has 200 valence electrons. The second kappa shape index (κ2) is 13.4. The predicted molar refractivity (Wildman–Crippen MR) is 124 cm³/mol. The molecule has 1 fully saturated rings. The fourth-order valence-corrected chi connectivity index (χ4v) is 2.96. The molecule has 1 amide bonds. The molecule has 2 N–H and O–H groups in total. The molecule has 1 saturated heterocycles. The van der Waals surface area contributed by atoms with Crippen LogP contribution < -0.4 is 5.32 Å². The van der Waals surface area contributed by atoms with Gasteiger partial charge < -0.3 is 33.7 Å². The van der Waals surface area contributed by atoms with E-state index in [-0.39, 0.29) is 0 Å². The first-order valence-corrected chi connectivity index (χ1v) is 11.6. The first-order valence-electron chi connectivity index (χ1n) is 9.36. The van der Waals surface area contributed by atoms with Gasteiger partial charge in [-0.2, -0.15) is 0 Å². The van der Waals surface area contributed by atoms with Crippen molar-refractivity contribution in [3.8, 4) is 0 Å². The van der Waals surface area contributed by atoms with Crippen LogP contribution in [0.5, 0.6) is 0 Å². The van der Waals surface area contributed by atoms with E-state index < -0.39 is 81.3 Å². The minimum absolute atomic E-state index is 0.517. The molecular weight excluding hydrogens is 605 g/mol. The molecular formula is C17H20Cl6N2O10. The summed E-state index contributed by atoms with van der Waals surface area (Å²) in [5.41, 5.74) is 0. The molecule has 0 aromatic rings. The fourth-order valence-electron chi connectivity index (χ4n) is 2.66. The van der Waals surface area contributed by atoms with Crippen LogP contribution in [-0.4, -0.2) is 81.3 Å². The van der Waals surface area contributed by atoms with E-state index in [1.165, 1.54) is 0 Å². The Labute approximate surface area is 229 Å². The summed E-state index contributed by atoms with van der Waals surface area (Å²) in [4.78, 5) is 47.3. The molecule has 1 heterocycles. The zero-order chi connectivity index (χ0) is 27.1. The van der Waals surface area contributed by atoms with E-state index in [1.54, 1.807) is 0 Å². The van der Waals surface area contributed by atoms with Crippen LogP contribution in [0.3, 0.4) is 0 Å². The summed E-state index contributed by atoms with van der Waals surface area (Å²) in [7, 11) is 0. The van der Waals surface area contributed by atoms with Gasteiger partial charge in [0.05, 0.1) is 0 Å². The van der Waals surface area contributed by atoms with Gasteiger partial charge in [0.15, 0.2) is 12.2 Å². The number of amides is 1. The SMILES string of the molecule is CC(=O)OCC1O[C@@H](OC(=N)C(Cl)(Cl)Cl)C(NC(=O)OCC(Cl)(Cl)Cl)[C@@H](OC(C)=O)[C@H]1OC(C)=O. The highest BCUT2D eigenvalue weighted by atomic mass is 35.6. The van der Waals surface area contributed by atoms with Gasteiger partial charge in [-0.1, -0.05) is 69.6 Å². The van der Waals surface area contributed by atoms with Gasteiger partial charge in [0.2, 0.25) is 16.0 Å². The standard InChI is InChI=1S/C17H20Cl6N2O10/c1-6(26)30-4-9-11(32-7(2)27)12(33-8(3)28)10(25-15(29)31-5-16(18,19)20)13(34-9)35-14(24)17(21,22)23/h9-13,24H,4-5H2,1-3H3,(H,25,29)/t9?,10?,11-,12+,13-/m0/s1. The monoisotopic (exact) mass is 622 g/mol. The van der Waals surface area contributed by atoms with Crippen molar-refractivity contribution in [2.24, 2.45) is 0 Å². The Balaban J connectivity index is 3.41. The van der Waals surface area contributed by atoms with Crippen molar-refractivity contribution < 1.29 is 47.6 Å².